The molecule has 1 aromatic carbocycles. The summed E-state index contributed by atoms with van der Waals surface area (Å²) in [5.41, 5.74) is 1.25. The van der Waals surface area contributed by atoms with E-state index in [9.17, 15) is 4.79 Å². The molecule has 0 aliphatic carbocycles. The van der Waals surface area contributed by atoms with E-state index in [0.29, 0.717) is 22.9 Å². The van der Waals surface area contributed by atoms with Gasteiger partial charge in [0.05, 0.1) is 25.3 Å². The minimum atomic E-state index is 0.268. The van der Waals surface area contributed by atoms with Crippen molar-refractivity contribution in [3.8, 4) is 17.4 Å². The molecule has 0 radical (unpaired) electrons. The molecule has 20 heavy (non-hydrogen) atoms. The highest BCUT2D eigenvalue weighted by Crippen LogP contribution is 2.24. The van der Waals surface area contributed by atoms with Gasteiger partial charge in [-0.3, -0.25) is 4.79 Å². The highest BCUT2D eigenvalue weighted by atomic mass is 16.5. The SMILES string of the molecule is COc1ccc(OCc2cccnc2OC)c(C=O)c1. The number of benzene rings is 1. The summed E-state index contributed by atoms with van der Waals surface area (Å²) in [5, 5.41) is 0. The number of ether oxygens (including phenoxy) is 3. The van der Waals surface area contributed by atoms with Crippen molar-refractivity contribution in [2.75, 3.05) is 14.2 Å². The largest absolute Gasteiger partial charge is 0.497 e. The predicted octanol–water partition coefficient (Wildman–Crippen LogP) is 2.49. The second-order valence-electron chi connectivity index (χ2n) is 3.98. The Kier molecular flexibility index (Phi) is 4.55. The molecule has 2 rings (SSSR count). The van der Waals surface area contributed by atoms with Crippen LogP contribution < -0.4 is 14.2 Å². The highest BCUT2D eigenvalue weighted by Gasteiger charge is 2.08. The molecule has 0 aliphatic rings. The van der Waals surface area contributed by atoms with E-state index in [2.05, 4.69) is 4.98 Å². The second-order valence-corrected chi connectivity index (χ2v) is 3.98. The zero-order chi connectivity index (χ0) is 14.4. The van der Waals surface area contributed by atoms with Crippen LogP contribution >= 0.6 is 0 Å². The Balaban J connectivity index is 2.16. The van der Waals surface area contributed by atoms with Gasteiger partial charge in [-0.25, -0.2) is 4.98 Å². The summed E-state index contributed by atoms with van der Waals surface area (Å²) >= 11 is 0. The lowest BCUT2D eigenvalue weighted by atomic mass is 10.2. The molecule has 0 amide bonds. The number of hydrogen-bond donors (Lipinski definition) is 0. The van der Waals surface area contributed by atoms with E-state index >= 15 is 0 Å². The van der Waals surface area contributed by atoms with Crippen LogP contribution in [0.5, 0.6) is 17.4 Å². The van der Waals surface area contributed by atoms with Gasteiger partial charge in [0.15, 0.2) is 6.29 Å². The molecule has 5 heteroatoms. The van der Waals surface area contributed by atoms with Crippen molar-refractivity contribution in [3.63, 3.8) is 0 Å². The molecule has 2 aromatic rings. The highest BCUT2D eigenvalue weighted by molar-refractivity contribution is 5.80. The minimum Gasteiger partial charge on any atom is -0.497 e. The van der Waals surface area contributed by atoms with Crippen LogP contribution in [0.1, 0.15) is 15.9 Å². The fourth-order valence-corrected chi connectivity index (χ4v) is 1.75. The molecule has 0 fully saturated rings. The monoisotopic (exact) mass is 273 g/mol. The van der Waals surface area contributed by atoms with Crippen LogP contribution in [0.3, 0.4) is 0 Å². The predicted molar refractivity (Wildman–Crippen MR) is 73.5 cm³/mol. The van der Waals surface area contributed by atoms with Gasteiger partial charge in [0.25, 0.3) is 0 Å². The van der Waals surface area contributed by atoms with E-state index < -0.39 is 0 Å². The molecular formula is C15H15NO4. The van der Waals surface area contributed by atoms with E-state index in [0.717, 1.165) is 11.8 Å². The van der Waals surface area contributed by atoms with Gasteiger partial charge in [0.1, 0.15) is 18.1 Å². The molecule has 0 N–H and O–H groups in total. The summed E-state index contributed by atoms with van der Waals surface area (Å²) in [7, 11) is 3.10. The quantitative estimate of drug-likeness (QED) is 0.757. The van der Waals surface area contributed by atoms with Crippen molar-refractivity contribution in [1.29, 1.82) is 0 Å². The van der Waals surface area contributed by atoms with Crippen LogP contribution in [-0.2, 0) is 6.61 Å². The number of carbonyl (C=O) groups is 1. The number of methoxy groups -OCH3 is 2. The maximum atomic E-state index is 11.1. The number of nitrogens with zero attached hydrogens (tertiary/aromatic N) is 1. The van der Waals surface area contributed by atoms with Crippen LogP contribution in [0, 0.1) is 0 Å². The standard InChI is InChI=1S/C15H15NO4/c1-18-13-5-6-14(12(8-13)9-17)20-10-11-4-3-7-16-15(11)19-2/h3-9H,10H2,1-2H3. The van der Waals surface area contributed by atoms with E-state index in [1.807, 2.05) is 6.07 Å². The Morgan fingerprint density at radius 3 is 2.75 bits per heavy atom. The molecule has 0 saturated carbocycles. The lowest BCUT2D eigenvalue weighted by molar-refractivity contribution is 0.111. The number of aromatic nitrogens is 1. The molecule has 0 bridgehead atoms. The van der Waals surface area contributed by atoms with Crippen molar-refractivity contribution in [3.05, 3.63) is 47.7 Å². The third kappa shape index (κ3) is 3.06. The fraction of sp³-hybridized carbons (Fsp3) is 0.200. The van der Waals surface area contributed by atoms with Gasteiger partial charge >= 0.3 is 0 Å². The normalized spacial score (nSPS) is 9.90. The van der Waals surface area contributed by atoms with Crippen LogP contribution in [0.2, 0.25) is 0 Å². The number of hydrogen-bond acceptors (Lipinski definition) is 5. The summed E-state index contributed by atoms with van der Waals surface area (Å²) in [6, 6.07) is 8.73. The lowest BCUT2D eigenvalue weighted by Gasteiger charge is -2.11. The molecular weight excluding hydrogens is 258 g/mol. The molecule has 104 valence electrons. The Morgan fingerprint density at radius 1 is 1.20 bits per heavy atom. The van der Waals surface area contributed by atoms with Crippen LogP contribution in [-0.4, -0.2) is 25.5 Å². The van der Waals surface area contributed by atoms with Gasteiger partial charge < -0.3 is 14.2 Å². The first-order valence-electron chi connectivity index (χ1n) is 6.02. The minimum absolute atomic E-state index is 0.268. The van der Waals surface area contributed by atoms with E-state index in [1.54, 1.807) is 44.7 Å². The van der Waals surface area contributed by atoms with Gasteiger partial charge in [0.2, 0.25) is 5.88 Å². The van der Waals surface area contributed by atoms with Crippen LogP contribution in [0.4, 0.5) is 0 Å². The maximum Gasteiger partial charge on any atom is 0.219 e. The first kappa shape index (κ1) is 13.9. The van der Waals surface area contributed by atoms with Crippen molar-refractivity contribution < 1.29 is 19.0 Å². The van der Waals surface area contributed by atoms with Crippen molar-refractivity contribution in [2.45, 2.75) is 6.61 Å². The first-order valence-corrected chi connectivity index (χ1v) is 6.02. The van der Waals surface area contributed by atoms with Crippen molar-refractivity contribution in [1.82, 2.24) is 4.98 Å². The molecule has 0 saturated heterocycles. The molecule has 1 heterocycles. The zero-order valence-electron chi connectivity index (χ0n) is 11.3. The van der Waals surface area contributed by atoms with Gasteiger partial charge in [-0.1, -0.05) is 0 Å². The molecule has 1 aromatic heterocycles. The number of rotatable bonds is 6. The van der Waals surface area contributed by atoms with Crippen molar-refractivity contribution >= 4 is 6.29 Å². The van der Waals surface area contributed by atoms with Gasteiger partial charge in [0, 0.05) is 6.20 Å². The lowest BCUT2D eigenvalue weighted by Crippen LogP contribution is -2.02. The number of carbonyl (C=O) groups excluding carboxylic acids is 1. The van der Waals surface area contributed by atoms with Gasteiger partial charge in [-0.15, -0.1) is 0 Å². The summed E-state index contributed by atoms with van der Waals surface area (Å²) in [6.45, 7) is 0.268. The molecule has 0 unspecified atom stereocenters. The average Bonchev–Trinajstić information content (AvgIpc) is 2.52. The van der Waals surface area contributed by atoms with E-state index in [1.165, 1.54) is 0 Å². The molecule has 0 atom stereocenters. The van der Waals surface area contributed by atoms with Crippen molar-refractivity contribution in [2.24, 2.45) is 0 Å². The summed E-state index contributed by atoms with van der Waals surface area (Å²) in [5.74, 6) is 1.61. The van der Waals surface area contributed by atoms with Gasteiger partial charge in [-0.05, 0) is 30.3 Å². The van der Waals surface area contributed by atoms with Crippen LogP contribution in [0.15, 0.2) is 36.5 Å². The third-order valence-electron chi connectivity index (χ3n) is 2.77. The first-order chi connectivity index (χ1) is 9.78. The van der Waals surface area contributed by atoms with E-state index in [-0.39, 0.29) is 6.61 Å². The van der Waals surface area contributed by atoms with E-state index in [4.69, 9.17) is 14.2 Å². The topological polar surface area (TPSA) is 57.6 Å². The molecule has 0 spiro atoms. The zero-order valence-corrected chi connectivity index (χ0v) is 11.3. The molecule has 5 nitrogen and oxygen atoms in total. The summed E-state index contributed by atoms with van der Waals surface area (Å²) in [4.78, 5) is 15.1. The fourth-order valence-electron chi connectivity index (χ4n) is 1.75. The summed E-state index contributed by atoms with van der Waals surface area (Å²) in [6.07, 6.45) is 2.38. The second kappa shape index (κ2) is 6.56. The number of aldehydes is 1. The molecule has 0 aliphatic heterocycles. The maximum absolute atomic E-state index is 11.1. The average molecular weight is 273 g/mol. The van der Waals surface area contributed by atoms with Gasteiger partial charge in [-0.2, -0.15) is 0 Å². The Bertz CT molecular complexity index is 598. The number of pyridine rings is 1. The summed E-state index contributed by atoms with van der Waals surface area (Å²) < 4.78 is 15.9. The third-order valence-corrected chi connectivity index (χ3v) is 2.77. The Morgan fingerprint density at radius 2 is 2.05 bits per heavy atom. The smallest absolute Gasteiger partial charge is 0.219 e. The Hall–Kier alpha value is -2.56. The van der Waals surface area contributed by atoms with Crippen LogP contribution in [0.25, 0.3) is 0 Å². The Labute approximate surface area is 117 Å².